The second-order valence-electron chi connectivity index (χ2n) is 5.42. The molecule has 1 rings (SSSR count). The lowest BCUT2D eigenvalue weighted by Gasteiger charge is -2.22. The van der Waals surface area contributed by atoms with Crippen LogP contribution < -0.4 is 10.1 Å². The second-order valence-corrected chi connectivity index (χ2v) is 5.42. The summed E-state index contributed by atoms with van der Waals surface area (Å²) in [6, 6.07) is 7.68. The van der Waals surface area contributed by atoms with E-state index in [0.717, 1.165) is 11.4 Å². The third-order valence-electron chi connectivity index (χ3n) is 2.42. The highest BCUT2D eigenvalue weighted by Crippen LogP contribution is 2.15. The zero-order valence-corrected chi connectivity index (χ0v) is 12.3. The van der Waals surface area contributed by atoms with E-state index in [9.17, 15) is 5.11 Å². The maximum absolute atomic E-state index is 9.80. The van der Waals surface area contributed by atoms with Gasteiger partial charge in [0.2, 0.25) is 0 Å². The fourth-order valence-corrected chi connectivity index (χ4v) is 1.48. The first-order chi connectivity index (χ1) is 8.90. The van der Waals surface area contributed by atoms with E-state index in [1.54, 1.807) is 0 Å². The molecule has 1 aromatic carbocycles. The molecule has 0 saturated heterocycles. The van der Waals surface area contributed by atoms with E-state index in [1.807, 2.05) is 52.0 Å². The Hall–Kier alpha value is -1.26. The summed E-state index contributed by atoms with van der Waals surface area (Å²) in [6.45, 7) is 9.32. The van der Waals surface area contributed by atoms with E-state index < -0.39 is 6.10 Å². The van der Waals surface area contributed by atoms with E-state index in [0.29, 0.717) is 19.8 Å². The average Bonchev–Trinajstić information content (AvgIpc) is 2.35. The average molecular weight is 267 g/mol. The summed E-state index contributed by atoms with van der Waals surface area (Å²) in [4.78, 5) is 0. The summed E-state index contributed by atoms with van der Waals surface area (Å²) in [7, 11) is 0. The first-order valence-electron chi connectivity index (χ1n) is 6.69. The number of nitrogens with one attached hydrogen (secondary N) is 1. The zero-order valence-electron chi connectivity index (χ0n) is 12.3. The fourth-order valence-electron chi connectivity index (χ4n) is 1.48. The molecule has 0 heterocycles. The topological polar surface area (TPSA) is 50.7 Å². The lowest BCUT2D eigenvalue weighted by atomic mass is 10.2. The van der Waals surface area contributed by atoms with Crippen LogP contribution in [0.25, 0.3) is 0 Å². The van der Waals surface area contributed by atoms with E-state index in [1.165, 1.54) is 0 Å². The molecule has 0 amide bonds. The molecular weight excluding hydrogens is 242 g/mol. The van der Waals surface area contributed by atoms with Gasteiger partial charge in [-0.15, -0.1) is 0 Å². The van der Waals surface area contributed by atoms with Crippen LogP contribution in [0.4, 0.5) is 5.69 Å². The summed E-state index contributed by atoms with van der Waals surface area (Å²) in [5.74, 6) is 0.852. The number of anilines is 1. The number of hydrogen-bond acceptors (Lipinski definition) is 4. The third-order valence-corrected chi connectivity index (χ3v) is 2.42. The molecule has 0 aliphatic rings. The van der Waals surface area contributed by atoms with Crippen LogP contribution in [0.15, 0.2) is 24.3 Å². The third kappa shape index (κ3) is 7.03. The Bertz CT molecular complexity index is 357. The molecule has 4 heteroatoms. The van der Waals surface area contributed by atoms with Crippen molar-refractivity contribution in [2.75, 3.05) is 25.1 Å². The molecule has 2 N–H and O–H groups in total. The van der Waals surface area contributed by atoms with Crippen molar-refractivity contribution >= 4 is 5.69 Å². The standard InChI is InChI=1S/C15H25NO3/c1-5-18-14-8-6-12(7-9-14)16-10-13(17)11-19-15(2,3)4/h6-9,13,16-17H,5,10-11H2,1-4H3. The van der Waals surface area contributed by atoms with Gasteiger partial charge >= 0.3 is 0 Å². The number of aliphatic hydroxyl groups excluding tert-OH is 1. The minimum atomic E-state index is -0.522. The Morgan fingerprint density at radius 1 is 1.21 bits per heavy atom. The minimum absolute atomic E-state index is 0.222. The SMILES string of the molecule is CCOc1ccc(NCC(O)COC(C)(C)C)cc1. The number of ether oxygens (including phenoxy) is 2. The van der Waals surface area contributed by atoms with Gasteiger partial charge in [-0.1, -0.05) is 0 Å². The van der Waals surface area contributed by atoms with Crippen LogP contribution in [-0.4, -0.2) is 36.6 Å². The van der Waals surface area contributed by atoms with Crippen molar-refractivity contribution in [3.8, 4) is 5.75 Å². The Morgan fingerprint density at radius 2 is 1.84 bits per heavy atom. The van der Waals surface area contributed by atoms with Gasteiger partial charge in [0.05, 0.1) is 24.9 Å². The zero-order chi connectivity index (χ0) is 14.3. The van der Waals surface area contributed by atoms with Crippen LogP contribution in [0.1, 0.15) is 27.7 Å². The fraction of sp³-hybridized carbons (Fsp3) is 0.600. The Labute approximate surface area is 115 Å². The molecule has 0 fully saturated rings. The highest BCUT2D eigenvalue weighted by atomic mass is 16.5. The van der Waals surface area contributed by atoms with Crippen molar-refractivity contribution in [1.82, 2.24) is 0 Å². The quantitative estimate of drug-likeness (QED) is 0.797. The van der Waals surface area contributed by atoms with Crippen LogP contribution in [0.3, 0.4) is 0 Å². The molecule has 0 aliphatic heterocycles. The van der Waals surface area contributed by atoms with Crippen LogP contribution >= 0.6 is 0 Å². The van der Waals surface area contributed by atoms with Gasteiger partial charge < -0.3 is 19.9 Å². The lowest BCUT2D eigenvalue weighted by Crippen LogP contribution is -2.30. The highest BCUT2D eigenvalue weighted by molar-refractivity contribution is 5.46. The molecule has 0 saturated carbocycles. The van der Waals surface area contributed by atoms with E-state index in [2.05, 4.69) is 5.32 Å². The molecule has 1 aromatic rings. The first kappa shape index (κ1) is 15.8. The van der Waals surface area contributed by atoms with Crippen molar-refractivity contribution in [3.63, 3.8) is 0 Å². The van der Waals surface area contributed by atoms with Crippen LogP contribution in [0.2, 0.25) is 0 Å². The van der Waals surface area contributed by atoms with E-state index in [4.69, 9.17) is 9.47 Å². The molecule has 19 heavy (non-hydrogen) atoms. The van der Waals surface area contributed by atoms with Gasteiger partial charge in [0.25, 0.3) is 0 Å². The van der Waals surface area contributed by atoms with Crippen LogP contribution in [0, 0.1) is 0 Å². The largest absolute Gasteiger partial charge is 0.494 e. The Balaban J connectivity index is 2.31. The van der Waals surface area contributed by atoms with Gasteiger partial charge in [-0.25, -0.2) is 0 Å². The first-order valence-corrected chi connectivity index (χ1v) is 6.69. The van der Waals surface area contributed by atoms with E-state index in [-0.39, 0.29) is 5.60 Å². The van der Waals surface area contributed by atoms with Gasteiger partial charge in [-0.2, -0.15) is 0 Å². The van der Waals surface area contributed by atoms with Gasteiger partial charge in [0.15, 0.2) is 0 Å². The predicted molar refractivity (Wildman–Crippen MR) is 77.8 cm³/mol. The predicted octanol–water partition coefficient (Wildman–Crippen LogP) is 2.67. The summed E-state index contributed by atoms with van der Waals surface area (Å²) in [5, 5.41) is 13.0. The summed E-state index contributed by atoms with van der Waals surface area (Å²) < 4.78 is 10.9. The summed E-state index contributed by atoms with van der Waals surface area (Å²) >= 11 is 0. The molecule has 0 bridgehead atoms. The van der Waals surface area contributed by atoms with Crippen molar-refractivity contribution < 1.29 is 14.6 Å². The summed E-state index contributed by atoms with van der Waals surface area (Å²) in [6.07, 6.45) is -0.522. The number of rotatable bonds is 7. The molecule has 108 valence electrons. The lowest BCUT2D eigenvalue weighted by molar-refractivity contribution is -0.0449. The van der Waals surface area contributed by atoms with Crippen molar-refractivity contribution in [2.24, 2.45) is 0 Å². The monoisotopic (exact) mass is 267 g/mol. The molecule has 4 nitrogen and oxygen atoms in total. The molecular formula is C15H25NO3. The van der Waals surface area contributed by atoms with Crippen LogP contribution in [-0.2, 0) is 4.74 Å². The smallest absolute Gasteiger partial charge is 0.119 e. The second kappa shape index (κ2) is 7.36. The summed E-state index contributed by atoms with van der Waals surface area (Å²) in [5.41, 5.74) is 0.735. The Morgan fingerprint density at radius 3 is 2.37 bits per heavy atom. The number of hydrogen-bond donors (Lipinski definition) is 2. The van der Waals surface area contributed by atoms with Crippen LogP contribution in [0.5, 0.6) is 5.75 Å². The number of benzene rings is 1. The molecule has 0 aliphatic carbocycles. The van der Waals surface area contributed by atoms with E-state index >= 15 is 0 Å². The molecule has 1 atom stereocenters. The normalized spacial score (nSPS) is 13.1. The van der Waals surface area contributed by atoms with Gasteiger partial charge in [0, 0.05) is 12.2 Å². The van der Waals surface area contributed by atoms with Crippen molar-refractivity contribution in [3.05, 3.63) is 24.3 Å². The van der Waals surface area contributed by atoms with Gasteiger partial charge in [-0.3, -0.25) is 0 Å². The highest BCUT2D eigenvalue weighted by Gasteiger charge is 2.13. The Kier molecular flexibility index (Phi) is 6.12. The molecule has 0 aromatic heterocycles. The number of aliphatic hydroxyl groups is 1. The molecule has 0 radical (unpaired) electrons. The maximum Gasteiger partial charge on any atom is 0.119 e. The maximum atomic E-state index is 9.80. The molecule has 1 unspecified atom stereocenters. The minimum Gasteiger partial charge on any atom is -0.494 e. The van der Waals surface area contributed by atoms with Crippen molar-refractivity contribution in [1.29, 1.82) is 0 Å². The van der Waals surface area contributed by atoms with Gasteiger partial charge in [-0.05, 0) is 52.0 Å². The van der Waals surface area contributed by atoms with Gasteiger partial charge in [0.1, 0.15) is 5.75 Å². The molecule has 0 spiro atoms. The van der Waals surface area contributed by atoms with Crippen molar-refractivity contribution in [2.45, 2.75) is 39.4 Å².